The molecule has 0 aromatic heterocycles. The molecule has 0 saturated heterocycles. The molecule has 0 amide bonds. The van der Waals surface area contributed by atoms with E-state index in [0.717, 1.165) is 31.3 Å². The van der Waals surface area contributed by atoms with Crippen LogP contribution in [0.4, 0.5) is 0 Å². The van der Waals surface area contributed by atoms with E-state index < -0.39 is 12.0 Å². The molecule has 0 rings (SSSR count). The zero-order valence-corrected chi connectivity index (χ0v) is 16.9. The number of carbonyl (C=O) groups is 2. The maximum absolute atomic E-state index is 11.0. The minimum atomic E-state index is -0.868. The number of allylic oxidation sites excluding steroid dienone is 5. The second-order valence-electron chi connectivity index (χ2n) is 6.59. The Morgan fingerprint density at radius 3 is 1.96 bits per heavy atom. The third-order valence-electron chi connectivity index (χ3n) is 3.89. The molecule has 0 heterocycles. The highest BCUT2D eigenvalue weighted by Gasteiger charge is 2.12. The van der Waals surface area contributed by atoms with E-state index in [9.17, 15) is 9.59 Å². The third-order valence-corrected chi connectivity index (χ3v) is 4.25. The molecule has 4 nitrogen and oxygen atoms in total. The number of carboxylic acid groups (broad SMARTS) is 1. The van der Waals surface area contributed by atoms with Crippen molar-refractivity contribution in [3.63, 3.8) is 0 Å². The zero-order chi connectivity index (χ0) is 19.2. The van der Waals surface area contributed by atoms with E-state index in [0.29, 0.717) is 13.0 Å². The number of nitrogens with one attached hydrogen (secondary N) is 1. The van der Waals surface area contributed by atoms with Gasteiger partial charge in [0.05, 0.1) is 0 Å². The molecule has 5 heteroatoms. The summed E-state index contributed by atoms with van der Waals surface area (Å²) in [6.45, 7) is 8.37. The number of thiol groups is 1. The molecule has 0 saturated carbocycles. The number of Topliss-reactive ketones (excluding diaryl/α,β-unsaturated/α-hetero) is 1. The van der Waals surface area contributed by atoms with Crippen molar-refractivity contribution in [1.82, 2.24) is 5.32 Å². The molecule has 0 aliphatic carbocycles. The van der Waals surface area contributed by atoms with Crippen molar-refractivity contribution in [3.05, 3.63) is 34.9 Å². The van der Waals surface area contributed by atoms with Gasteiger partial charge in [-0.05, 0) is 53.4 Å². The predicted octanol–water partition coefficient (Wildman–Crippen LogP) is 4.34. The normalized spacial score (nSPS) is 14.5. The minimum Gasteiger partial charge on any atom is -0.480 e. The molecular formula is C20H33NO3S. The van der Waals surface area contributed by atoms with Gasteiger partial charge in [0.1, 0.15) is 11.8 Å². The van der Waals surface area contributed by atoms with Crippen molar-refractivity contribution < 1.29 is 14.7 Å². The van der Waals surface area contributed by atoms with Crippen LogP contribution in [-0.2, 0) is 9.59 Å². The van der Waals surface area contributed by atoms with E-state index in [1.165, 1.54) is 11.1 Å². The summed E-state index contributed by atoms with van der Waals surface area (Å²) < 4.78 is 0. The maximum atomic E-state index is 11.0. The van der Waals surface area contributed by atoms with Crippen LogP contribution in [0.5, 0.6) is 0 Å². The molecule has 0 fully saturated rings. The summed E-state index contributed by atoms with van der Waals surface area (Å²) in [5.41, 5.74) is 3.75. The van der Waals surface area contributed by atoms with E-state index in [1.54, 1.807) is 6.92 Å². The van der Waals surface area contributed by atoms with Gasteiger partial charge in [-0.25, -0.2) is 0 Å². The summed E-state index contributed by atoms with van der Waals surface area (Å²) >= 11 is 4.02. The summed E-state index contributed by atoms with van der Waals surface area (Å²) in [6.07, 6.45) is 10.9. The Balaban J connectivity index is 4.09. The van der Waals surface area contributed by atoms with Crippen LogP contribution in [0.1, 0.15) is 59.8 Å². The SMILES string of the molecule is CC(=O)CC(C)=CCCC(C)=CCCC(C)=CCNC(CS)C(=O)O. The monoisotopic (exact) mass is 367 g/mol. The lowest BCUT2D eigenvalue weighted by molar-refractivity contribution is -0.138. The topological polar surface area (TPSA) is 66.4 Å². The number of hydrogen-bond donors (Lipinski definition) is 3. The average Bonchev–Trinajstić information content (AvgIpc) is 2.50. The first-order chi connectivity index (χ1) is 11.8. The average molecular weight is 368 g/mol. The smallest absolute Gasteiger partial charge is 0.321 e. The lowest BCUT2D eigenvalue weighted by Gasteiger charge is -2.10. The van der Waals surface area contributed by atoms with E-state index in [4.69, 9.17) is 5.11 Å². The minimum absolute atomic E-state index is 0.210. The molecule has 0 spiro atoms. The first-order valence-corrected chi connectivity index (χ1v) is 9.42. The van der Waals surface area contributed by atoms with Gasteiger partial charge >= 0.3 is 5.97 Å². The Morgan fingerprint density at radius 1 is 0.960 bits per heavy atom. The van der Waals surface area contributed by atoms with Crippen molar-refractivity contribution >= 4 is 24.4 Å². The second kappa shape index (κ2) is 13.9. The van der Waals surface area contributed by atoms with Crippen molar-refractivity contribution in [2.75, 3.05) is 12.3 Å². The Bertz CT molecular complexity index is 521. The number of rotatable bonds is 13. The van der Waals surface area contributed by atoms with Crippen molar-refractivity contribution in [1.29, 1.82) is 0 Å². The molecule has 0 aromatic rings. The van der Waals surface area contributed by atoms with Crippen molar-refractivity contribution in [3.8, 4) is 0 Å². The third kappa shape index (κ3) is 13.6. The maximum Gasteiger partial charge on any atom is 0.321 e. The molecule has 0 aliphatic heterocycles. The number of ketones is 1. The number of hydrogen-bond acceptors (Lipinski definition) is 4. The molecular weight excluding hydrogens is 334 g/mol. The van der Waals surface area contributed by atoms with Gasteiger partial charge in [-0.15, -0.1) is 0 Å². The molecule has 0 aromatic carbocycles. The largest absolute Gasteiger partial charge is 0.480 e. The van der Waals surface area contributed by atoms with Gasteiger partial charge < -0.3 is 10.4 Å². The summed E-state index contributed by atoms with van der Waals surface area (Å²) in [6, 6.07) is -0.603. The lowest BCUT2D eigenvalue weighted by Crippen LogP contribution is -2.38. The Labute approximate surface area is 157 Å². The second-order valence-corrected chi connectivity index (χ2v) is 6.95. The molecule has 0 aliphatic rings. The van der Waals surface area contributed by atoms with E-state index >= 15 is 0 Å². The molecule has 0 radical (unpaired) electrons. The van der Waals surface area contributed by atoms with Crippen LogP contribution < -0.4 is 5.32 Å². The highest BCUT2D eigenvalue weighted by Crippen LogP contribution is 2.12. The number of aliphatic carboxylic acids is 1. The molecule has 142 valence electrons. The van der Waals surface area contributed by atoms with E-state index in [1.807, 2.05) is 13.0 Å². The number of carboxylic acids is 1. The zero-order valence-electron chi connectivity index (χ0n) is 16.0. The molecule has 1 atom stereocenters. The van der Waals surface area contributed by atoms with Crippen LogP contribution in [0.15, 0.2) is 34.9 Å². The summed E-state index contributed by atoms with van der Waals surface area (Å²) in [5.74, 6) is -0.376. The Hall–Kier alpha value is -1.33. The van der Waals surface area contributed by atoms with Crippen LogP contribution in [0.2, 0.25) is 0 Å². The van der Waals surface area contributed by atoms with Gasteiger partial charge in [0.15, 0.2) is 0 Å². The fourth-order valence-corrected chi connectivity index (χ4v) is 2.65. The van der Waals surface area contributed by atoms with E-state index in [-0.39, 0.29) is 11.5 Å². The van der Waals surface area contributed by atoms with Crippen LogP contribution in [0, 0.1) is 0 Å². The predicted molar refractivity (Wildman–Crippen MR) is 108 cm³/mol. The summed E-state index contributed by atoms with van der Waals surface area (Å²) in [5, 5.41) is 11.9. The fourth-order valence-electron chi connectivity index (χ4n) is 2.37. The van der Waals surface area contributed by atoms with Gasteiger partial charge in [-0.2, -0.15) is 12.6 Å². The molecule has 25 heavy (non-hydrogen) atoms. The van der Waals surface area contributed by atoms with Crippen molar-refractivity contribution in [2.45, 2.75) is 65.8 Å². The fraction of sp³-hybridized carbons (Fsp3) is 0.600. The highest BCUT2D eigenvalue weighted by atomic mass is 32.1. The van der Waals surface area contributed by atoms with Gasteiger partial charge in [0.2, 0.25) is 0 Å². The first kappa shape index (κ1) is 23.7. The highest BCUT2D eigenvalue weighted by molar-refractivity contribution is 7.80. The standard InChI is InChI=1S/C20H33NO3S/c1-15(8-6-10-17(3)13-18(4)22)7-5-9-16(2)11-12-21-19(14-25)20(23)24/h7,10-11,19,21,25H,5-6,8-9,12-14H2,1-4H3,(H,23,24). The van der Waals surface area contributed by atoms with Crippen molar-refractivity contribution in [2.24, 2.45) is 0 Å². The van der Waals surface area contributed by atoms with Gasteiger partial charge in [0.25, 0.3) is 0 Å². The first-order valence-electron chi connectivity index (χ1n) is 8.79. The summed E-state index contributed by atoms with van der Waals surface area (Å²) in [7, 11) is 0. The molecule has 1 unspecified atom stereocenters. The van der Waals surface area contributed by atoms with Crippen LogP contribution in [0.25, 0.3) is 0 Å². The van der Waals surface area contributed by atoms with E-state index in [2.05, 4.69) is 43.9 Å². The van der Waals surface area contributed by atoms with Gasteiger partial charge in [-0.1, -0.05) is 34.9 Å². The van der Waals surface area contributed by atoms with Gasteiger partial charge in [-0.3, -0.25) is 9.59 Å². The van der Waals surface area contributed by atoms with Crippen LogP contribution >= 0.6 is 12.6 Å². The van der Waals surface area contributed by atoms with Crippen LogP contribution in [0.3, 0.4) is 0 Å². The van der Waals surface area contributed by atoms with Gasteiger partial charge in [0, 0.05) is 18.7 Å². The molecule has 0 bridgehead atoms. The summed E-state index contributed by atoms with van der Waals surface area (Å²) in [4.78, 5) is 21.9. The Kier molecular flexibility index (Phi) is 13.2. The van der Waals surface area contributed by atoms with Crippen LogP contribution in [-0.4, -0.2) is 35.2 Å². The lowest BCUT2D eigenvalue weighted by atomic mass is 10.0. The number of carbonyl (C=O) groups excluding carboxylic acids is 1. The molecule has 2 N–H and O–H groups in total. The Morgan fingerprint density at radius 2 is 1.48 bits per heavy atom. The quantitative estimate of drug-likeness (QED) is 0.335.